The summed E-state index contributed by atoms with van der Waals surface area (Å²) in [5, 5.41) is 2.81. The highest BCUT2D eigenvalue weighted by atomic mass is 16.3. The Morgan fingerprint density at radius 2 is 0.980 bits per heavy atom. The first-order valence-electron chi connectivity index (χ1n) is 22.3. The average molecular weight is 636 g/mol. The van der Waals surface area contributed by atoms with Crippen molar-refractivity contribution in [3.05, 3.63) is 182 Å². The number of hydrogen-bond donors (Lipinski definition) is 0. The van der Waals surface area contributed by atoms with Gasteiger partial charge in [-0.15, -0.1) is 0 Å². The molecule has 0 amide bonds. The van der Waals surface area contributed by atoms with Crippen LogP contribution in [-0.2, 0) is 0 Å². The van der Waals surface area contributed by atoms with Crippen LogP contribution < -0.4 is 0 Å². The first-order chi connectivity index (χ1) is 29.7. The minimum atomic E-state index is -0.503. The summed E-state index contributed by atoms with van der Waals surface area (Å²) in [4.78, 5) is 0. The smallest absolute Gasteiger partial charge is 0.143 e. The van der Waals surface area contributed by atoms with Crippen molar-refractivity contribution < 1.29 is 22.2 Å². The Labute approximate surface area is 302 Å². The molecular formula is C48H30O. The lowest BCUT2D eigenvalue weighted by molar-refractivity contribution is 0.673. The van der Waals surface area contributed by atoms with Gasteiger partial charge in [-0.05, 0) is 95.7 Å². The van der Waals surface area contributed by atoms with Gasteiger partial charge in [-0.2, -0.15) is 0 Å². The number of rotatable bonds is 4. The Kier molecular flexibility index (Phi) is 3.99. The van der Waals surface area contributed by atoms with Crippen molar-refractivity contribution >= 4 is 54.3 Å². The van der Waals surface area contributed by atoms with Gasteiger partial charge < -0.3 is 4.42 Å². The zero-order chi connectivity index (χ0) is 43.6. The van der Waals surface area contributed by atoms with E-state index in [4.69, 9.17) is 16.8 Å². The molecule has 0 N–H and O–H groups in total. The predicted octanol–water partition coefficient (Wildman–Crippen LogP) is 13.7. The van der Waals surface area contributed by atoms with Crippen LogP contribution in [0.3, 0.4) is 0 Å². The topological polar surface area (TPSA) is 13.1 Å². The van der Waals surface area contributed by atoms with Crippen molar-refractivity contribution in [2.24, 2.45) is 0 Å². The zero-order valence-electron chi connectivity index (χ0n) is 38.7. The fourth-order valence-corrected chi connectivity index (χ4v) is 7.10. The second-order valence-electron chi connectivity index (χ2n) is 11.8. The van der Waals surface area contributed by atoms with Gasteiger partial charge in [0.15, 0.2) is 0 Å². The van der Waals surface area contributed by atoms with Gasteiger partial charge in [0.05, 0.1) is 17.8 Å². The van der Waals surface area contributed by atoms with Crippen molar-refractivity contribution in [3.8, 4) is 44.5 Å². The molecule has 1 nitrogen and oxygen atoms in total. The van der Waals surface area contributed by atoms with E-state index >= 15 is 0 Å². The van der Waals surface area contributed by atoms with Gasteiger partial charge in [-0.1, -0.05) is 157 Å². The summed E-state index contributed by atoms with van der Waals surface area (Å²) in [5.74, 6) is 0. The molecule has 10 aromatic rings. The molecule has 228 valence electrons. The van der Waals surface area contributed by atoms with Crippen molar-refractivity contribution in [1.29, 1.82) is 0 Å². The van der Waals surface area contributed by atoms with Gasteiger partial charge in [-0.25, -0.2) is 0 Å². The molecule has 0 radical (unpaired) electrons. The molecule has 0 saturated heterocycles. The van der Waals surface area contributed by atoms with E-state index in [9.17, 15) is 5.48 Å². The van der Waals surface area contributed by atoms with Crippen LogP contribution in [0.5, 0.6) is 0 Å². The van der Waals surface area contributed by atoms with Crippen molar-refractivity contribution in [1.82, 2.24) is 0 Å². The van der Waals surface area contributed by atoms with E-state index in [2.05, 4.69) is 0 Å². The van der Waals surface area contributed by atoms with Crippen LogP contribution in [-0.4, -0.2) is 0 Å². The second-order valence-corrected chi connectivity index (χ2v) is 11.8. The molecule has 1 heteroatoms. The molecule has 0 aliphatic heterocycles. The molecule has 49 heavy (non-hydrogen) atoms. The molecular weight excluding hydrogens is 593 g/mol. The average Bonchev–Trinajstić information content (AvgIpc) is 3.69. The normalized spacial score (nSPS) is 15.4. The third-order valence-corrected chi connectivity index (χ3v) is 9.19. The SMILES string of the molecule is [2H]c1c([2H])c([2H])c(-c2ccc3c(ccc4c3oc3cccc(-c5c6c([2H])c([2H])c([2H])c([2H])c6c(-c6ccccc6-c6ccccc6)c6c([2H])c([2H])c([2H])c([2H])c56)c34)c2)c([2H])c1[2H]. The summed E-state index contributed by atoms with van der Waals surface area (Å²) in [6.45, 7) is 0. The maximum Gasteiger partial charge on any atom is 0.143 e. The summed E-state index contributed by atoms with van der Waals surface area (Å²) in [6, 6.07) is 25.3. The summed E-state index contributed by atoms with van der Waals surface area (Å²) < 4.78 is 122. The Morgan fingerprint density at radius 3 is 1.69 bits per heavy atom. The molecule has 0 aliphatic carbocycles. The lowest BCUT2D eigenvalue weighted by Crippen LogP contribution is -1.93. The molecule has 0 fully saturated rings. The Morgan fingerprint density at radius 1 is 0.388 bits per heavy atom. The van der Waals surface area contributed by atoms with E-state index in [0.29, 0.717) is 55.0 Å². The molecule has 1 aromatic heterocycles. The van der Waals surface area contributed by atoms with E-state index in [0.717, 1.165) is 5.56 Å². The van der Waals surface area contributed by atoms with E-state index in [1.165, 1.54) is 0 Å². The van der Waals surface area contributed by atoms with Crippen LogP contribution in [0, 0.1) is 0 Å². The van der Waals surface area contributed by atoms with Crippen molar-refractivity contribution in [3.63, 3.8) is 0 Å². The van der Waals surface area contributed by atoms with E-state index in [1.807, 2.05) is 54.6 Å². The van der Waals surface area contributed by atoms with Gasteiger partial charge in [0.1, 0.15) is 11.2 Å². The third-order valence-electron chi connectivity index (χ3n) is 9.19. The standard InChI is InChI=1S/C48H30O/c1-3-14-31(15-4-1)33-26-28-36-34(30-33)27-29-43-47-42(24-13-25-44(47)49-48(36)43)46-40-22-11-9-20-38(40)45(39-21-10-12-23-41(39)46)37-19-8-7-18-35(37)32-16-5-2-6-17-32/h1-30H/i1D,3D,4D,9D,10D,11D,12D,14D,15D,20D,21D,22D,23D. The fourth-order valence-electron chi connectivity index (χ4n) is 7.10. The molecule has 0 bridgehead atoms. The number of fused-ring (bicyclic) bond motifs is 7. The van der Waals surface area contributed by atoms with Crippen molar-refractivity contribution in [2.75, 3.05) is 0 Å². The monoisotopic (exact) mass is 635 g/mol. The van der Waals surface area contributed by atoms with Gasteiger partial charge in [0, 0.05) is 16.2 Å². The molecule has 0 aliphatic rings. The Bertz CT molecular complexity index is 3510. The zero-order valence-corrected chi connectivity index (χ0v) is 25.7. The Hall–Kier alpha value is -6.44. The lowest BCUT2D eigenvalue weighted by atomic mass is 9.83. The molecule has 1 heterocycles. The fraction of sp³-hybridized carbons (Fsp3) is 0. The van der Waals surface area contributed by atoms with Gasteiger partial charge in [0.2, 0.25) is 0 Å². The summed E-state index contributed by atoms with van der Waals surface area (Å²) >= 11 is 0. The number of furan rings is 1. The minimum absolute atomic E-state index is 0.0626. The highest BCUT2D eigenvalue weighted by Gasteiger charge is 2.22. The largest absolute Gasteiger partial charge is 0.455 e. The lowest BCUT2D eigenvalue weighted by Gasteiger charge is -2.20. The van der Waals surface area contributed by atoms with Crippen molar-refractivity contribution in [2.45, 2.75) is 0 Å². The number of hydrogen-bond acceptors (Lipinski definition) is 1. The van der Waals surface area contributed by atoms with Gasteiger partial charge >= 0.3 is 0 Å². The third kappa shape index (κ3) is 4.33. The van der Waals surface area contributed by atoms with Crippen LogP contribution in [0.25, 0.3) is 98.8 Å². The van der Waals surface area contributed by atoms with Crippen LogP contribution in [0.15, 0.2) is 186 Å². The van der Waals surface area contributed by atoms with Crippen LogP contribution in [0.1, 0.15) is 17.8 Å². The van der Waals surface area contributed by atoms with E-state index < -0.39 is 42.3 Å². The second kappa shape index (κ2) is 11.1. The maximum absolute atomic E-state index is 9.52. The van der Waals surface area contributed by atoms with Crippen LogP contribution in [0.4, 0.5) is 0 Å². The summed E-state index contributed by atoms with van der Waals surface area (Å²) in [5.41, 5.74) is 4.23. The molecule has 0 spiro atoms. The van der Waals surface area contributed by atoms with Gasteiger partial charge in [-0.3, -0.25) is 0 Å². The molecule has 0 saturated carbocycles. The maximum atomic E-state index is 9.52. The summed E-state index contributed by atoms with van der Waals surface area (Å²) in [7, 11) is 0. The first-order valence-corrected chi connectivity index (χ1v) is 15.8. The highest BCUT2D eigenvalue weighted by molar-refractivity contribution is 6.27. The van der Waals surface area contributed by atoms with Gasteiger partial charge in [0.25, 0.3) is 0 Å². The van der Waals surface area contributed by atoms with Crippen LogP contribution >= 0.6 is 0 Å². The number of benzene rings is 9. The molecule has 0 atom stereocenters. The first kappa shape index (κ1) is 17.6. The highest BCUT2D eigenvalue weighted by Crippen LogP contribution is 2.48. The van der Waals surface area contributed by atoms with E-state index in [1.54, 1.807) is 48.5 Å². The predicted molar refractivity (Wildman–Crippen MR) is 208 cm³/mol. The molecule has 9 aromatic carbocycles. The van der Waals surface area contributed by atoms with E-state index in [-0.39, 0.29) is 74.5 Å². The molecule has 0 unspecified atom stereocenters. The van der Waals surface area contributed by atoms with Crippen LogP contribution in [0.2, 0.25) is 0 Å². The molecule has 10 rings (SSSR count). The minimum Gasteiger partial charge on any atom is -0.455 e. The Balaban J connectivity index is 1.35. The quantitative estimate of drug-likeness (QED) is 0.175. The summed E-state index contributed by atoms with van der Waals surface area (Å²) in [6.07, 6.45) is 0.